The summed E-state index contributed by atoms with van der Waals surface area (Å²) >= 11 is 3.31. The quantitative estimate of drug-likeness (QED) is 0.684. The van der Waals surface area contributed by atoms with Gasteiger partial charge in [0.05, 0.1) is 10.0 Å². The molecule has 0 aliphatic heterocycles. The Hall–Kier alpha value is -2.09. The van der Waals surface area contributed by atoms with Gasteiger partial charge in [-0.2, -0.15) is 0 Å². The second kappa shape index (κ2) is 8.68. The maximum atomic E-state index is 11.9. The van der Waals surface area contributed by atoms with Gasteiger partial charge in [0.2, 0.25) is 0 Å². The molecule has 0 unspecified atom stereocenters. The Morgan fingerprint density at radius 2 is 1.62 bits per heavy atom. The summed E-state index contributed by atoms with van der Waals surface area (Å²) in [7, 11) is 2.97. The van der Waals surface area contributed by atoms with Gasteiger partial charge in [-0.15, -0.1) is 0 Å². The van der Waals surface area contributed by atoms with E-state index in [0.29, 0.717) is 27.1 Å². The molecule has 0 aliphatic rings. The molecule has 7 heteroatoms. The van der Waals surface area contributed by atoms with E-state index in [1.54, 1.807) is 6.07 Å². The zero-order valence-electron chi connectivity index (χ0n) is 13.2. The fourth-order valence-electron chi connectivity index (χ4n) is 2.17. The number of methoxy groups -OCH3 is 2. The molecule has 24 heavy (non-hydrogen) atoms. The van der Waals surface area contributed by atoms with Crippen molar-refractivity contribution >= 4 is 21.9 Å². The molecule has 2 rings (SSSR count). The third kappa shape index (κ3) is 4.05. The van der Waals surface area contributed by atoms with Gasteiger partial charge in [0, 0.05) is 25.8 Å². The lowest BCUT2D eigenvalue weighted by molar-refractivity contribution is 0.0453. The van der Waals surface area contributed by atoms with Crippen molar-refractivity contribution in [1.82, 2.24) is 0 Å². The number of aromatic carboxylic acids is 1. The Labute approximate surface area is 148 Å². The first-order valence-electron chi connectivity index (χ1n) is 6.98. The van der Waals surface area contributed by atoms with Gasteiger partial charge in [0.25, 0.3) is 0 Å². The van der Waals surface area contributed by atoms with Crippen molar-refractivity contribution < 1.29 is 28.8 Å². The van der Waals surface area contributed by atoms with Gasteiger partial charge in [-0.05, 0) is 21.5 Å². The fraction of sp³-hybridized carbons (Fsp3) is 0.235. The highest BCUT2D eigenvalue weighted by molar-refractivity contribution is 9.10. The zero-order valence-corrected chi connectivity index (χ0v) is 14.8. The van der Waals surface area contributed by atoms with E-state index in [1.165, 1.54) is 14.2 Å². The molecular weight excluding hydrogens is 380 g/mol. The van der Waals surface area contributed by atoms with Crippen LogP contribution in [-0.2, 0) is 9.47 Å². The van der Waals surface area contributed by atoms with Crippen LogP contribution in [0.25, 0.3) is 11.1 Å². The van der Waals surface area contributed by atoms with Gasteiger partial charge in [-0.25, -0.2) is 4.79 Å². The highest BCUT2D eigenvalue weighted by atomic mass is 79.9. The van der Waals surface area contributed by atoms with E-state index in [-0.39, 0.29) is 19.1 Å². The molecular formula is C17H17BrO6. The first-order valence-corrected chi connectivity index (χ1v) is 7.78. The standard InChI is InChI=1S/C17H17BrO6/c1-21-9-23-12-8-13(24-10-22-2)16(18)15(17(19)20)14(12)11-6-4-3-5-7-11/h3-8H,9-10H2,1-2H3,(H,19,20). The van der Waals surface area contributed by atoms with Crippen molar-refractivity contribution in [3.05, 3.63) is 46.4 Å². The average Bonchev–Trinajstić information content (AvgIpc) is 2.59. The summed E-state index contributed by atoms with van der Waals surface area (Å²) in [6.07, 6.45) is 0. The highest BCUT2D eigenvalue weighted by Crippen LogP contribution is 2.43. The molecule has 0 radical (unpaired) electrons. The SMILES string of the molecule is COCOc1cc(OCOC)c(-c2ccccc2)c(C(=O)O)c1Br. The smallest absolute Gasteiger partial charge is 0.337 e. The predicted molar refractivity (Wildman–Crippen MR) is 91.5 cm³/mol. The summed E-state index contributed by atoms with van der Waals surface area (Å²) in [5.74, 6) is -0.458. The number of ether oxygens (including phenoxy) is 4. The van der Waals surface area contributed by atoms with Crippen LogP contribution < -0.4 is 9.47 Å². The van der Waals surface area contributed by atoms with E-state index < -0.39 is 5.97 Å². The number of hydrogen-bond donors (Lipinski definition) is 1. The monoisotopic (exact) mass is 396 g/mol. The van der Waals surface area contributed by atoms with Gasteiger partial charge in [0.15, 0.2) is 13.6 Å². The lowest BCUT2D eigenvalue weighted by atomic mass is 9.98. The molecule has 2 aromatic rings. The molecule has 128 valence electrons. The number of benzene rings is 2. The molecule has 0 atom stereocenters. The van der Waals surface area contributed by atoms with Crippen molar-refractivity contribution in [3.8, 4) is 22.6 Å². The van der Waals surface area contributed by atoms with E-state index in [1.807, 2.05) is 30.3 Å². The summed E-state index contributed by atoms with van der Waals surface area (Å²) in [6.45, 7) is -0.0453. The topological polar surface area (TPSA) is 74.2 Å². The molecule has 0 aliphatic carbocycles. The van der Waals surface area contributed by atoms with E-state index in [9.17, 15) is 9.90 Å². The molecule has 0 bridgehead atoms. The first kappa shape index (κ1) is 18.3. The Morgan fingerprint density at radius 3 is 2.17 bits per heavy atom. The Kier molecular flexibility index (Phi) is 6.60. The maximum Gasteiger partial charge on any atom is 0.337 e. The van der Waals surface area contributed by atoms with Crippen molar-refractivity contribution in [3.63, 3.8) is 0 Å². The number of halogens is 1. The summed E-state index contributed by atoms with van der Waals surface area (Å²) in [5.41, 5.74) is 1.19. The van der Waals surface area contributed by atoms with Crippen LogP contribution in [-0.4, -0.2) is 38.9 Å². The Morgan fingerprint density at radius 1 is 1.04 bits per heavy atom. The lowest BCUT2D eigenvalue weighted by Gasteiger charge is -2.18. The van der Waals surface area contributed by atoms with E-state index in [2.05, 4.69) is 15.9 Å². The molecule has 0 saturated carbocycles. The number of hydrogen-bond acceptors (Lipinski definition) is 5. The van der Waals surface area contributed by atoms with Crippen LogP contribution in [0.4, 0.5) is 0 Å². The summed E-state index contributed by atoms with van der Waals surface area (Å²) in [5, 5.41) is 9.70. The Balaban J connectivity index is 2.68. The minimum Gasteiger partial charge on any atom is -0.478 e. The van der Waals surface area contributed by atoms with Gasteiger partial charge >= 0.3 is 5.97 Å². The van der Waals surface area contributed by atoms with E-state index >= 15 is 0 Å². The fourth-order valence-corrected chi connectivity index (χ4v) is 2.76. The third-order valence-corrected chi connectivity index (χ3v) is 3.92. The average molecular weight is 397 g/mol. The third-order valence-electron chi connectivity index (χ3n) is 3.14. The molecule has 0 saturated heterocycles. The van der Waals surface area contributed by atoms with Gasteiger partial charge in [0.1, 0.15) is 11.5 Å². The normalized spacial score (nSPS) is 10.5. The molecule has 6 nitrogen and oxygen atoms in total. The van der Waals surface area contributed by atoms with Gasteiger partial charge in [-0.3, -0.25) is 0 Å². The molecule has 0 heterocycles. The van der Waals surface area contributed by atoms with Gasteiger partial charge < -0.3 is 24.1 Å². The molecule has 0 amide bonds. The van der Waals surface area contributed by atoms with Crippen LogP contribution >= 0.6 is 15.9 Å². The highest BCUT2D eigenvalue weighted by Gasteiger charge is 2.24. The number of carbonyl (C=O) groups is 1. The second-order valence-electron chi connectivity index (χ2n) is 4.71. The summed E-state index contributed by atoms with van der Waals surface area (Å²) in [4.78, 5) is 11.9. The molecule has 2 aromatic carbocycles. The van der Waals surface area contributed by atoms with Crippen molar-refractivity contribution in [2.24, 2.45) is 0 Å². The maximum absolute atomic E-state index is 11.9. The minimum atomic E-state index is -1.11. The van der Waals surface area contributed by atoms with Crippen molar-refractivity contribution in [2.45, 2.75) is 0 Å². The molecule has 0 spiro atoms. The van der Waals surface area contributed by atoms with Gasteiger partial charge in [-0.1, -0.05) is 30.3 Å². The molecule has 1 N–H and O–H groups in total. The number of carboxylic acids is 1. The van der Waals surface area contributed by atoms with Crippen LogP contribution in [0.15, 0.2) is 40.9 Å². The van der Waals surface area contributed by atoms with Crippen LogP contribution in [0.1, 0.15) is 10.4 Å². The van der Waals surface area contributed by atoms with Crippen LogP contribution in [0.5, 0.6) is 11.5 Å². The Bertz CT molecular complexity index is 702. The largest absolute Gasteiger partial charge is 0.478 e. The lowest BCUT2D eigenvalue weighted by Crippen LogP contribution is -2.09. The van der Waals surface area contributed by atoms with E-state index in [0.717, 1.165) is 0 Å². The first-order chi connectivity index (χ1) is 11.6. The number of rotatable bonds is 8. The number of carboxylic acid groups (broad SMARTS) is 1. The van der Waals surface area contributed by atoms with E-state index in [4.69, 9.17) is 18.9 Å². The van der Waals surface area contributed by atoms with Crippen LogP contribution in [0.3, 0.4) is 0 Å². The predicted octanol–water partition coefficient (Wildman–Crippen LogP) is 3.78. The second-order valence-corrected chi connectivity index (χ2v) is 5.50. The summed E-state index contributed by atoms with van der Waals surface area (Å²) < 4.78 is 21.2. The van der Waals surface area contributed by atoms with Crippen LogP contribution in [0, 0.1) is 0 Å². The van der Waals surface area contributed by atoms with Crippen molar-refractivity contribution in [1.29, 1.82) is 0 Å². The van der Waals surface area contributed by atoms with Crippen LogP contribution in [0.2, 0.25) is 0 Å². The molecule has 0 aromatic heterocycles. The minimum absolute atomic E-state index is 0.0218. The molecule has 0 fully saturated rings. The van der Waals surface area contributed by atoms with Crippen molar-refractivity contribution in [2.75, 3.05) is 27.8 Å². The zero-order chi connectivity index (χ0) is 17.5. The summed E-state index contributed by atoms with van der Waals surface area (Å²) in [6, 6.07) is 10.7.